The van der Waals surface area contributed by atoms with E-state index in [1.807, 2.05) is 3.97 Å². The minimum absolute atomic E-state index is 0. The summed E-state index contributed by atoms with van der Waals surface area (Å²) in [6, 6.07) is 4.84. The number of benzene rings is 1. The highest BCUT2D eigenvalue weighted by molar-refractivity contribution is 8.93. The van der Waals surface area contributed by atoms with E-state index in [2.05, 4.69) is 4.98 Å². The van der Waals surface area contributed by atoms with E-state index in [-0.39, 0.29) is 28.4 Å². The molecule has 0 saturated heterocycles. The van der Waals surface area contributed by atoms with E-state index in [1.165, 1.54) is 6.07 Å². The predicted octanol–water partition coefficient (Wildman–Crippen LogP) is 2.67. The van der Waals surface area contributed by atoms with Gasteiger partial charge in [-0.25, -0.2) is 4.98 Å². The summed E-state index contributed by atoms with van der Waals surface area (Å²) in [6.07, 6.45) is 2.68. The summed E-state index contributed by atoms with van der Waals surface area (Å²) in [4.78, 5) is 14.7. The number of anilines is 1. The minimum Gasteiger partial charge on any atom is -0.393 e. The highest BCUT2D eigenvalue weighted by Gasteiger charge is 2.20. The van der Waals surface area contributed by atoms with Crippen LogP contribution in [0, 0.1) is 10.1 Å². The normalized spacial score (nSPS) is 12.8. The van der Waals surface area contributed by atoms with Crippen molar-refractivity contribution in [3.63, 3.8) is 0 Å². The lowest BCUT2D eigenvalue weighted by Crippen LogP contribution is -1.96. The molecule has 3 rings (SSSR count). The van der Waals surface area contributed by atoms with Crippen LogP contribution < -0.4 is 5.73 Å². The van der Waals surface area contributed by atoms with Gasteiger partial charge in [-0.15, -0.1) is 17.0 Å². The Morgan fingerprint density at radius 1 is 1.47 bits per heavy atom. The largest absolute Gasteiger partial charge is 0.393 e. The lowest BCUT2D eigenvalue weighted by molar-refractivity contribution is -0.383. The number of aromatic nitrogens is 2. The zero-order valence-electron chi connectivity index (χ0n) is 9.78. The topological polar surface area (TPSA) is 87.0 Å². The maximum atomic E-state index is 10.9. The van der Waals surface area contributed by atoms with Crippen molar-refractivity contribution in [2.24, 2.45) is 0 Å². The quantitative estimate of drug-likeness (QED) is 0.515. The van der Waals surface area contributed by atoms with Crippen molar-refractivity contribution in [1.29, 1.82) is 0 Å². The van der Waals surface area contributed by atoms with Crippen LogP contribution in [-0.4, -0.2) is 19.6 Å². The number of nitrogens with zero attached hydrogens (tertiary/aromatic N) is 3. The molecular formula is C11H11BrN4O2S. The Bertz CT molecular complexity index is 644. The molecule has 0 aliphatic carbocycles. The molecular weight excluding hydrogens is 332 g/mol. The van der Waals surface area contributed by atoms with Crippen molar-refractivity contribution in [3.8, 4) is 11.3 Å². The first-order valence-corrected chi connectivity index (χ1v) is 6.35. The van der Waals surface area contributed by atoms with Crippen LogP contribution >= 0.6 is 28.9 Å². The van der Waals surface area contributed by atoms with Gasteiger partial charge in [0.05, 0.1) is 16.8 Å². The van der Waals surface area contributed by atoms with Gasteiger partial charge in [-0.2, -0.15) is 0 Å². The highest BCUT2D eigenvalue weighted by atomic mass is 79.9. The molecule has 1 aromatic carbocycles. The number of hydrogen-bond acceptors (Lipinski definition) is 5. The van der Waals surface area contributed by atoms with Gasteiger partial charge in [0, 0.05) is 23.8 Å². The Morgan fingerprint density at radius 2 is 2.26 bits per heavy atom. The summed E-state index contributed by atoms with van der Waals surface area (Å²) in [5.41, 5.74) is 7.35. The van der Waals surface area contributed by atoms with Crippen molar-refractivity contribution in [1.82, 2.24) is 8.96 Å². The number of fused-ring (bicyclic) bond motifs is 1. The second kappa shape index (κ2) is 5.22. The molecule has 0 radical (unpaired) electrons. The van der Waals surface area contributed by atoms with Crippen LogP contribution in [0.3, 0.4) is 0 Å². The SMILES string of the molecule is Br.Nc1ccc(-c2cnc3n2SCC3)cc1[N+](=O)[O-]. The van der Waals surface area contributed by atoms with Gasteiger partial charge in [-0.1, -0.05) is 6.07 Å². The van der Waals surface area contributed by atoms with E-state index < -0.39 is 4.92 Å². The molecule has 6 nitrogen and oxygen atoms in total. The molecule has 2 N–H and O–H groups in total. The molecule has 100 valence electrons. The van der Waals surface area contributed by atoms with Crippen molar-refractivity contribution >= 4 is 40.3 Å². The van der Waals surface area contributed by atoms with Crippen LogP contribution in [0.2, 0.25) is 0 Å². The fraction of sp³-hybridized carbons (Fsp3) is 0.182. The lowest BCUT2D eigenvalue weighted by Gasteiger charge is -2.04. The average Bonchev–Trinajstić information content (AvgIpc) is 2.91. The zero-order chi connectivity index (χ0) is 12.7. The number of imidazole rings is 1. The number of rotatable bonds is 2. The number of aryl methyl sites for hydroxylation is 1. The summed E-state index contributed by atoms with van der Waals surface area (Å²) in [5, 5.41) is 10.9. The summed E-state index contributed by atoms with van der Waals surface area (Å²) in [7, 11) is 0. The van der Waals surface area contributed by atoms with Crippen LogP contribution in [0.4, 0.5) is 11.4 Å². The monoisotopic (exact) mass is 342 g/mol. The van der Waals surface area contributed by atoms with Gasteiger partial charge in [-0.3, -0.25) is 14.1 Å². The first kappa shape index (κ1) is 13.9. The first-order chi connectivity index (χ1) is 8.66. The second-order valence-electron chi connectivity index (χ2n) is 3.97. The van der Waals surface area contributed by atoms with Gasteiger partial charge in [0.2, 0.25) is 0 Å². The van der Waals surface area contributed by atoms with Gasteiger partial charge in [0.1, 0.15) is 11.5 Å². The van der Waals surface area contributed by atoms with Crippen LogP contribution in [0.25, 0.3) is 11.3 Å². The number of halogens is 1. The standard InChI is InChI=1S/C11H10N4O2S.BrH/c12-8-2-1-7(5-9(8)15(16)17)10-6-13-11-3-4-18-14(10)11;/h1-2,5-6H,3-4,12H2;1H. The minimum atomic E-state index is -0.465. The fourth-order valence-corrected chi connectivity index (χ4v) is 3.01. The van der Waals surface area contributed by atoms with Crippen molar-refractivity contribution in [3.05, 3.63) is 40.3 Å². The maximum absolute atomic E-state index is 10.9. The van der Waals surface area contributed by atoms with Crippen LogP contribution in [-0.2, 0) is 6.42 Å². The Balaban J connectivity index is 0.00000133. The van der Waals surface area contributed by atoms with Crippen molar-refractivity contribution in [2.75, 3.05) is 11.5 Å². The van der Waals surface area contributed by atoms with Crippen molar-refractivity contribution in [2.45, 2.75) is 6.42 Å². The smallest absolute Gasteiger partial charge is 0.292 e. The first-order valence-electron chi connectivity index (χ1n) is 5.41. The number of nitrogens with two attached hydrogens (primary N) is 1. The number of nitrogen functional groups attached to an aromatic ring is 1. The summed E-state index contributed by atoms with van der Waals surface area (Å²) in [5.74, 6) is 2.00. The van der Waals surface area contributed by atoms with E-state index in [0.29, 0.717) is 0 Å². The second-order valence-corrected chi connectivity index (χ2v) is 5.00. The summed E-state index contributed by atoms with van der Waals surface area (Å²) in [6.45, 7) is 0. The van der Waals surface area contributed by atoms with Crippen LogP contribution in [0.1, 0.15) is 5.82 Å². The van der Waals surface area contributed by atoms with Gasteiger partial charge >= 0.3 is 0 Å². The third-order valence-corrected chi connectivity index (χ3v) is 3.91. The Labute approximate surface area is 124 Å². The molecule has 0 bridgehead atoms. The fourth-order valence-electron chi connectivity index (χ4n) is 1.97. The summed E-state index contributed by atoms with van der Waals surface area (Å²) >= 11 is 1.67. The Kier molecular flexibility index (Phi) is 3.81. The predicted molar refractivity (Wildman–Crippen MR) is 80.6 cm³/mol. The van der Waals surface area contributed by atoms with Crippen molar-refractivity contribution < 1.29 is 4.92 Å². The number of nitro benzene ring substituents is 1. The molecule has 0 unspecified atom stereocenters. The molecule has 0 spiro atoms. The maximum Gasteiger partial charge on any atom is 0.292 e. The molecule has 2 heterocycles. The van der Waals surface area contributed by atoms with Crippen LogP contribution in [0.5, 0.6) is 0 Å². The van der Waals surface area contributed by atoms with E-state index in [9.17, 15) is 10.1 Å². The molecule has 19 heavy (non-hydrogen) atoms. The molecule has 0 saturated carbocycles. The van der Waals surface area contributed by atoms with Crippen LogP contribution in [0.15, 0.2) is 24.4 Å². The average molecular weight is 343 g/mol. The van der Waals surface area contributed by atoms with Gasteiger partial charge in [0.15, 0.2) is 0 Å². The van der Waals surface area contributed by atoms with E-state index in [4.69, 9.17) is 5.73 Å². The molecule has 0 amide bonds. The van der Waals surface area contributed by atoms with E-state index in [1.54, 1.807) is 30.3 Å². The van der Waals surface area contributed by atoms with Gasteiger partial charge in [-0.05, 0) is 18.0 Å². The molecule has 2 aromatic rings. The molecule has 1 aromatic heterocycles. The van der Waals surface area contributed by atoms with E-state index >= 15 is 0 Å². The summed E-state index contributed by atoms with van der Waals surface area (Å²) < 4.78 is 2.02. The number of hydrogen-bond donors (Lipinski definition) is 1. The van der Waals surface area contributed by atoms with E-state index in [0.717, 1.165) is 29.3 Å². The third-order valence-electron chi connectivity index (χ3n) is 2.86. The highest BCUT2D eigenvalue weighted by Crippen LogP contribution is 2.33. The zero-order valence-corrected chi connectivity index (χ0v) is 12.3. The molecule has 8 heteroatoms. The lowest BCUT2D eigenvalue weighted by atomic mass is 10.1. The number of nitro groups is 1. The molecule has 0 fully saturated rings. The van der Waals surface area contributed by atoms with Gasteiger partial charge < -0.3 is 5.73 Å². The Hall–Kier alpha value is -1.54. The molecule has 1 aliphatic rings. The van der Waals surface area contributed by atoms with Gasteiger partial charge in [0.25, 0.3) is 5.69 Å². The molecule has 0 atom stereocenters. The third kappa shape index (κ3) is 2.33. The Morgan fingerprint density at radius 3 is 3.00 bits per heavy atom. The molecule has 1 aliphatic heterocycles.